The van der Waals surface area contributed by atoms with E-state index in [1.807, 2.05) is 0 Å². The molecule has 0 saturated carbocycles. The maximum Gasteiger partial charge on any atom is 0.239 e. The molecule has 3 N–H and O–H groups in total. The molecule has 0 aromatic heterocycles. The van der Waals surface area contributed by atoms with E-state index in [0.29, 0.717) is 37.4 Å². The van der Waals surface area contributed by atoms with Crippen molar-refractivity contribution in [1.29, 1.82) is 0 Å². The number of amides is 2. The van der Waals surface area contributed by atoms with E-state index in [1.54, 1.807) is 54.3 Å². The van der Waals surface area contributed by atoms with Gasteiger partial charge in [0, 0.05) is 24.7 Å². The highest BCUT2D eigenvalue weighted by atomic mass is 35.5. The Morgan fingerprint density at radius 3 is 2.34 bits per heavy atom. The average molecular weight is 422 g/mol. The first-order valence-corrected chi connectivity index (χ1v) is 9.31. The van der Waals surface area contributed by atoms with Gasteiger partial charge in [-0.3, -0.25) is 9.59 Å². The van der Waals surface area contributed by atoms with E-state index in [2.05, 4.69) is 5.32 Å². The van der Waals surface area contributed by atoms with Crippen molar-refractivity contribution in [1.82, 2.24) is 4.90 Å². The summed E-state index contributed by atoms with van der Waals surface area (Å²) in [5.74, 6) is -0.113. The topological polar surface area (TPSA) is 84.7 Å². The van der Waals surface area contributed by atoms with Crippen LogP contribution >= 0.6 is 12.4 Å². The molecule has 1 atom stereocenters. The number of carbonyl (C=O) groups is 2. The van der Waals surface area contributed by atoms with E-state index in [4.69, 9.17) is 10.5 Å². The molecule has 2 amide bonds. The molecular weight excluding hydrogens is 397 g/mol. The van der Waals surface area contributed by atoms with Crippen LogP contribution in [0.1, 0.15) is 19.8 Å². The fourth-order valence-electron chi connectivity index (χ4n) is 3.16. The van der Waals surface area contributed by atoms with Crippen LogP contribution in [-0.2, 0) is 9.59 Å². The predicted octanol–water partition coefficient (Wildman–Crippen LogP) is 3.56. The molecular formula is C21H25ClFN3O3. The van der Waals surface area contributed by atoms with E-state index in [-0.39, 0.29) is 35.9 Å². The third kappa shape index (κ3) is 5.92. The SMILES string of the molecule is C[C@@H](N)C(=O)N1CCC(C(=O)Nc2ccc(Oc3ccccc3F)cc2)CC1.Cl. The quantitative estimate of drug-likeness (QED) is 0.773. The van der Waals surface area contributed by atoms with Crippen LogP contribution in [-0.4, -0.2) is 35.8 Å². The number of likely N-dealkylation sites (tertiary alicyclic amines) is 1. The van der Waals surface area contributed by atoms with E-state index >= 15 is 0 Å². The Morgan fingerprint density at radius 2 is 1.76 bits per heavy atom. The number of nitrogens with zero attached hydrogens (tertiary/aromatic N) is 1. The van der Waals surface area contributed by atoms with Gasteiger partial charge in [0.15, 0.2) is 11.6 Å². The molecule has 1 aliphatic heterocycles. The van der Waals surface area contributed by atoms with Crippen molar-refractivity contribution in [3.05, 3.63) is 54.3 Å². The maximum absolute atomic E-state index is 13.6. The molecule has 6 nitrogen and oxygen atoms in total. The number of nitrogens with one attached hydrogen (secondary N) is 1. The van der Waals surface area contributed by atoms with E-state index < -0.39 is 11.9 Å². The van der Waals surface area contributed by atoms with Crippen molar-refractivity contribution in [3.63, 3.8) is 0 Å². The van der Waals surface area contributed by atoms with Gasteiger partial charge in [-0.1, -0.05) is 12.1 Å². The van der Waals surface area contributed by atoms with Crippen molar-refractivity contribution in [2.24, 2.45) is 11.7 Å². The standard InChI is InChI=1S/C21H24FN3O3.ClH/c1-14(23)21(27)25-12-10-15(11-13-25)20(26)24-16-6-8-17(9-7-16)28-19-5-3-2-4-18(19)22;/h2-9,14-15H,10-13,23H2,1H3,(H,24,26);1H/t14-;/m1./s1. The maximum atomic E-state index is 13.6. The van der Waals surface area contributed by atoms with Crippen molar-refractivity contribution in [3.8, 4) is 11.5 Å². The third-order valence-corrected chi connectivity index (χ3v) is 4.75. The van der Waals surface area contributed by atoms with Crippen molar-refractivity contribution in [2.45, 2.75) is 25.8 Å². The molecule has 3 rings (SSSR count). The molecule has 1 heterocycles. The number of hydrogen-bond acceptors (Lipinski definition) is 4. The number of anilines is 1. The zero-order valence-electron chi connectivity index (χ0n) is 16.1. The molecule has 1 saturated heterocycles. The Bertz CT molecular complexity index is 837. The second-order valence-electron chi connectivity index (χ2n) is 6.93. The number of ether oxygens (including phenoxy) is 1. The van der Waals surface area contributed by atoms with Crippen LogP contribution < -0.4 is 15.8 Å². The molecule has 8 heteroatoms. The largest absolute Gasteiger partial charge is 0.454 e. The summed E-state index contributed by atoms with van der Waals surface area (Å²) < 4.78 is 19.1. The van der Waals surface area contributed by atoms with Crippen molar-refractivity contribution < 1.29 is 18.7 Å². The van der Waals surface area contributed by atoms with Gasteiger partial charge in [0.25, 0.3) is 0 Å². The van der Waals surface area contributed by atoms with Crippen LogP contribution in [0.4, 0.5) is 10.1 Å². The smallest absolute Gasteiger partial charge is 0.239 e. The lowest BCUT2D eigenvalue weighted by molar-refractivity contribution is -0.135. The third-order valence-electron chi connectivity index (χ3n) is 4.75. The van der Waals surface area contributed by atoms with Gasteiger partial charge in [-0.05, 0) is 56.2 Å². The lowest BCUT2D eigenvalue weighted by Gasteiger charge is -2.32. The molecule has 2 aromatic carbocycles. The fourth-order valence-corrected chi connectivity index (χ4v) is 3.16. The summed E-state index contributed by atoms with van der Waals surface area (Å²) in [4.78, 5) is 26.1. The Balaban J connectivity index is 0.00000300. The van der Waals surface area contributed by atoms with Gasteiger partial charge in [-0.15, -0.1) is 12.4 Å². The highest BCUT2D eigenvalue weighted by Crippen LogP contribution is 2.26. The summed E-state index contributed by atoms with van der Waals surface area (Å²) in [7, 11) is 0. The minimum Gasteiger partial charge on any atom is -0.454 e. The van der Waals surface area contributed by atoms with Crippen LogP contribution in [0.5, 0.6) is 11.5 Å². The van der Waals surface area contributed by atoms with Crippen molar-refractivity contribution in [2.75, 3.05) is 18.4 Å². The number of hydrogen-bond donors (Lipinski definition) is 2. The van der Waals surface area contributed by atoms with Crippen LogP contribution in [0.25, 0.3) is 0 Å². The minimum absolute atomic E-state index is 0. The second-order valence-corrected chi connectivity index (χ2v) is 6.93. The summed E-state index contributed by atoms with van der Waals surface area (Å²) in [6, 6.07) is 12.4. The van der Waals surface area contributed by atoms with Crippen LogP contribution in [0, 0.1) is 11.7 Å². The Morgan fingerprint density at radius 1 is 1.14 bits per heavy atom. The number of carbonyl (C=O) groups excluding carboxylic acids is 2. The molecule has 0 spiro atoms. The summed E-state index contributed by atoms with van der Waals surface area (Å²) in [5.41, 5.74) is 6.27. The Labute approximate surface area is 175 Å². The first kappa shape index (κ1) is 22.6. The van der Waals surface area contributed by atoms with Gasteiger partial charge < -0.3 is 20.7 Å². The number of para-hydroxylation sites is 1. The summed E-state index contributed by atoms with van der Waals surface area (Å²) in [6.07, 6.45) is 1.22. The van der Waals surface area contributed by atoms with Gasteiger partial charge in [-0.25, -0.2) is 4.39 Å². The molecule has 156 valence electrons. The summed E-state index contributed by atoms with van der Waals surface area (Å²) >= 11 is 0. The second kappa shape index (κ2) is 10.2. The molecule has 1 fully saturated rings. The monoisotopic (exact) mass is 421 g/mol. The van der Waals surface area contributed by atoms with Gasteiger partial charge in [-0.2, -0.15) is 0 Å². The first-order chi connectivity index (χ1) is 13.4. The van der Waals surface area contributed by atoms with Gasteiger partial charge >= 0.3 is 0 Å². The van der Waals surface area contributed by atoms with Crippen LogP contribution in [0.2, 0.25) is 0 Å². The number of benzene rings is 2. The lowest BCUT2D eigenvalue weighted by atomic mass is 9.95. The first-order valence-electron chi connectivity index (χ1n) is 9.31. The molecule has 0 aliphatic carbocycles. The zero-order chi connectivity index (χ0) is 20.1. The van der Waals surface area contributed by atoms with Gasteiger partial charge in [0.1, 0.15) is 5.75 Å². The van der Waals surface area contributed by atoms with Crippen LogP contribution in [0.15, 0.2) is 48.5 Å². The Kier molecular flexibility index (Phi) is 7.99. The van der Waals surface area contributed by atoms with Crippen molar-refractivity contribution >= 4 is 29.9 Å². The number of halogens is 2. The van der Waals surface area contributed by atoms with Gasteiger partial charge in [0.05, 0.1) is 6.04 Å². The lowest BCUT2D eigenvalue weighted by Crippen LogP contribution is -2.47. The number of nitrogens with two attached hydrogens (primary N) is 1. The Hall–Kier alpha value is -2.64. The summed E-state index contributed by atoms with van der Waals surface area (Å²) in [6.45, 7) is 2.74. The van der Waals surface area contributed by atoms with E-state index in [9.17, 15) is 14.0 Å². The average Bonchev–Trinajstić information content (AvgIpc) is 2.70. The predicted molar refractivity (Wildman–Crippen MR) is 112 cm³/mol. The highest BCUT2D eigenvalue weighted by Gasteiger charge is 2.28. The molecule has 0 radical (unpaired) electrons. The van der Waals surface area contributed by atoms with Gasteiger partial charge in [0.2, 0.25) is 11.8 Å². The molecule has 0 unspecified atom stereocenters. The molecule has 0 bridgehead atoms. The highest BCUT2D eigenvalue weighted by molar-refractivity contribution is 5.93. The number of rotatable bonds is 5. The zero-order valence-corrected chi connectivity index (χ0v) is 17.0. The van der Waals surface area contributed by atoms with Crippen LogP contribution in [0.3, 0.4) is 0 Å². The fraction of sp³-hybridized carbons (Fsp3) is 0.333. The number of piperidine rings is 1. The van der Waals surface area contributed by atoms with E-state index in [1.165, 1.54) is 6.07 Å². The van der Waals surface area contributed by atoms with E-state index in [0.717, 1.165) is 0 Å². The minimum atomic E-state index is -0.518. The summed E-state index contributed by atoms with van der Waals surface area (Å²) in [5, 5.41) is 2.88. The normalized spacial score (nSPS) is 15.2. The molecule has 1 aliphatic rings. The molecule has 2 aromatic rings. The molecule has 29 heavy (non-hydrogen) atoms.